The van der Waals surface area contributed by atoms with Crippen LogP contribution in [0.3, 0.4) is 0 Å². The molecule has 0 atom stereocenters. The van der Waals surface area contributed by atoms with E-state index in [2.05, 4.69) is 4.98 Å². The van der Waals surface area contributed by atoms with Gasteiger partial charge >= 0.3 is 0 Å². The van der Waals surface area contributed by atoms with Crippen LogP contribution in [0.15, 0.2) is 48.8 Å². The third-order valence-corrected chi connectivity index (χ3v) is 2.32. The minimum absolute atomic E-state index is 0.0608. The number of aromatic nitrogens is 1. The molecule has 0 spiro atoms. The third-order valence-electron chi connectivity index (χ3n) is 2.32. The first kappa shape index (κ1) is 11.1. The van der Waals surface area contributed by atoms with Crippen LogP contribution >= 0.6 is 0 Å². The Hall–Kier alpha value is -2.36. The van der Waals surface area contributed by atoms with Crippen LogP contribution in [0.4, 0.5) is 0 Å². The lowest BCUT2D eigenvalue weighted by Gasteiger charge is -2.06. The zero-order chi connectivity index (χ0) is 12.1. The summed E-state index contributed by atoms with van der Waals surface area (Å²) in [4.78, 5) is 3.94. The van der Waals surface area contributed by atoms with Gasteiger partial charge in [-0.25, -0.2) is 0 Å². The molecule has 2 rings (SSSR count). The highest BCUT2D eigenvalue weighted by Crippen LogP contribution is 2.13. The zero-order valence-electron chi connectivity index (χ0n) is 9.26. The molecule has 0 aliphatic rings. The van der Waals surface area contributed by atoms with Gasteiger partial charge in [0.15, 0.2) is 0 Å². The summed E-state index contributed by atoms with van der Waals surface area (Å²) in [6.07, 6.45) is 3.47. The highest BCUT2D eigenvalue weighted by Gasteiger charge is 1.98. The van der Waals surface area contributed by atoms with Gasteiger partial charge in [0, 0.05) is 18.0 Å². The van der Waals surface area contributed by atoms with Crippen molar-refractivity contribution in [3.63, 3.8) is 0 Å². The Morgan fingerprint density at radius 3 is 2.35 bits per heavy atom. The second-order valence-electron chi connectivity index (χ2n) is 3.58. The number of nitrogens with two attached hydrogens (primary N) is 1. The van der Waals surface area contributed by atoms with Crippen LogP contribution in [0.25, 0.3) is 0 Å². The largest absolute Gasteiger partial charge is 0.489 e. The molecule has 0 amide bonds. The highest BCUT2D eigenvalue weighted by molar-refractivity contribution is 5.94. The summed E-state index contributed by atoms with van der Waals surface area (Å²) in [5.74, 6) is 0.817. The molecule has 1 aromatic heterocycles. The van der Waals surface area contributed by atoms with Gasteiger partial charge < -0.3 is 10.5 Å². The van der Waals surface area contributed by atoms with Crippen LogP contribution in [-0.2, 0) is 6.61 Å². The van der Waals surface area contributed by atoms with Crippen molar-refractivity contribution >= 4 is 5.84 Å². The third kappa shape index (κ3) is 3.04. The molecule has 86 valence electrons. The fourth-order valence-electron chi connectivity index (χ4n) is 1.38. The predicted molar refractivity (Wildman–Crippen MR) is 66.0 cm³/mol. The quantitative estimate of drug-likeness (QED) is 0.619. The molecule has 2 aromatic rings. The van der Waals surface area contributed by atoms with Crippen molar-refractivity contribution in [1.82, 2.24) is 4.98 Å². The summed E-state index contributed by atoms with van der Waals surface area (Å²) in [7, 11) is 0. The van der Waals surface area contributed by atoms with Crippen molar-refractivity contribution in [1.29, 1.82) is 5.41 Å². The maximum absolute atomic E-state index is 7.27. The van der Waals surface area contributed by atoms with Gasteiger partial charge in [-0.15, -0.1) is 0 Å². The van der Waals surface area contributed by atoms with Crippen molar-refractivity contribution in [2.45, 2.75) is 6.61 Å². The summed E-state index contributed by atoms with van der Waals surface area (Å²) in [5, 5.41) is 7.27. The van der Waals surface area contributed by atoms with E-state index in [0.29, 0.717) is 12.2 Å². The molecule has 17 heavy (non-hydrogen) atoms. The fourth-order valence-corrected chi connectivity index (χ4v) is 1.38. The SMILES string of the molecule is N=C(N)c1ccc(OCc2ccncc2)cc1. The summed E-state index contributed by atoms with van der Waals surface area (Å²) >= 11 is 0. The Morgan fingerprint density at radius 1 is 1.12 bits per heavy atom. The smallest absolute Gasteiger partial charge is 0.122 e. The average Bonchev–Trinajstić information content (AvgIpc) is 2.38. The molecular formula is C13H13N3O. The number of nitrogens with one attached hydrogen (secondary N) is 1. The molecule has 0 saturated heterocycles. The minimum Gasteiger partial charge on any atom is -0.489 e. The number of hydrogen-bond donors (Lipinski definition) is 2. The average molecular weight is 227 g/mol. The molecule has 4 heteroatoms. The molecule has 4 nitrogen and oxygen atoms in total. The number of ether oxygens (including phenoxy) is 1. The monoisotopic (exact) mass is 227 g/mol. The van der Waals surface area contributed by atoms with E-state index in [1.165, 1.54) is 0 Å². The van der Waals surface area contributed by atoms with Crippen LogP contribution < -0.4 is 10.5 Å². The Balaban J connectivity index is 1.98. The maximum Gasteiger partial charge on any atom is 0.122 e. The number of benzene rings is 1. The minimum atomic E-state index is 0.0608. The van der Waals surface area contributed by atoms with Crippen LogP contribution in [0.2, 0.25) is 0 Å². The van der Waals surface area contributed by atoms with Crippen LogP contribution in [0.1, 0.15) is 11.1 Å². The molecule has 0 aliphatic carbocycles. The van der Waals surface area contributed by atoms with Crippen LogP contribution in [0.5, 0.6) is 5.75 Å². The number of nitrogens with zero attached hydrogens (tertiary/aromatic N) is 1. The second-order valence-corrected chi connectivity index (χ2v) is 3.58. The van der Waals surface area contributed by atoms with Gasteiger partial charge in [0.25, 0.3) is 0 Å². The Morgan fingerprint density at radius 2 is 1.76 bits per heavy atom. The van der Waals surface area contributed by atoms with Crippen molar-refractivity contribution < 1.29 is 4.74 Å². The van der Waals surface area contributed by atoms with Crippen LogP contribution in [-0.4, -0.2) is 10.8 Å². The van der Waals surface area contributed by atoms with Crippen molar-refractivity contribution in [3.8, 4) is 5.75 Å². The Kier molecular flexibility index (Phi) is 3.35. The van der Waals surface area contributed by atoms with Crippen molar-refractivity contribution in [2.24, 2.45) is 5.73 Å². The van der Waals surface area contributed by atoms with E-state index in [4.69, 9.17) is 15.9 Å². The molecule has 0 radical (unpaired) electrons. The van der Waals surface area contributed by atoms with Gasteiger partial charge in [-0.2, -0.15) is 0 Å². The molecule has 0 saturated carbocycles. The van der Waals surface area contributed by atoms with E-state index in [1.807, 2.05) is 12.1 Å². The lowest BCUT2D eigenvalue weighted by Crippen LogP contribution is -2.10. The molecule has 1 heterocycles. The number of hydrogen-bond acceptors (Lipinski definition) is 3. The topological polar surface area (TPSA) is 72.0 Å². The standard InChI is InChI=1S/C13H13N3O/c14-13(15)11-1-3-12(4-2-11)17-9-10-5-7-16-8-6-10/h1-8H,9H2,(H3,14,15). The molecule has 1 aromatic carbocycles. The summed E-state index contributed by atoms with van der Waals surface area (Å²) in [6.45, 7) is 0.502. The van der Waals surface area contributed by atoms with Gasteiger partial charge in [-0.05, 0) is 42.0 Å². The molecule has 0 unspecified atom stereocenters. The first-order chi connectivity index (χ1) is 8.25. The number of amidine groups is 1. The Bertz CT molecular complexity index is 494. The van der Waals surface area contributed by atoms with E-state index >= 15 is 0 Å². The van der Waals surface area contributed by atoms with Gasteiger partial charge in [-0.3, -0.25) is 10.4 Å². The van der Waals surface area contributed by atoms with Crippen molar-refractivity contribution in [2.75, 3.05) is 0 Å². The molecule has 0 bridgehead atoms. The number of nitrogen functional groups attached to an aromatic ring is 1. The molecule has 0 aliphatic heterocycles. The van der Waals surface area contributed by atoms with E-state index in [0.717, 1.165) is 11.3 Å². The van der Waals surface area contributed by atoms with Gasteiger partial charge in [0.1, 0.15) is 18.2 Å². The molecular weight excluding hydrogens is 214 g/mol. The lowest BCUT2D eigenvalue weighted by molar-refractivity contribution is 0.306. The fraction of sp³-hybridized carbons (Fsp3) is 0.0769. The lowest BCUT2D eigenvalue weighted by atomic mass is 10.2. The van der Waals surface area contributed by atoms with Crippen molar-refractivity contribution in [3.05, 3.63) is 59.9 Å². The van der Waals surface area contributed by atoms with Crippen LogP contribution in [0, 0.1) is 5.41 Å². The summed E-state index contributed by atoms with van der Waals surface area (Å²) in [5.41, 5.74) is 7.13. The van der Waals surface area contributed by atoms with E-state index in [-0.39, 0.29) is 5.84 Å². The summed E-state index contributed by atoms with van der Waals surface area (Å²) < 4.78 is 5.59. The van der Waals surface area contributed by atoms with E-state index in [1.54, 1.807) is 36.7 Å². The molecule has 3 N–H and O–H groups in total. The number of rotatable bonds is 4. The highest BCUT2D eigenvalue weighted by atomic mass is 16.5. The Labute approximate surface area is 99.6 Å². The van der Waals surface area contributed by atoms with Gasteiger partial charge in [-0.1, -0.05) is 0 Å². The van der Waals surface area contributed by atoms with Gasteiger partial charge in [0.05, 0.1) is 0 Å². The first-order valence-corrected chi connectivity index (χ1v) is 5.22. The maximum atomic E-state index is 7.27. The first-order valence-electron chi connectivity index (χ1n) is 5.22. The van der Waals surface area contributed by atoms with E-state index in [9.17, 15) is 0 Å². The molecule has 0 fully saturated rings. The normalized spacial score (nSPS) is 9.88. The second kappa shape index (κ2) is 5.12. The summed E-state index contributed by atoms with van der Waals surface area (Å²) in [6, 6.07) is 11.0. The number of pyridine rings is 1. The zero-order valence-corrected chi connectivity index (χ0v) is 9.26. The van der Waals surface area contributed by atoms with E-state index < -0.39 is 0 Å². The predicted octanol–water partition coefficient (Wildman–Crippen LogP) is 1.94. The van der Waals surface area contributed by atoms with Gasteiger partial charge in [0.2, 0.25) is 0 Å².